The van der Waals surface area contributed by atoms with Crippen LogP contribution >= 0.6 is 0 Å². The lowest BCUT2D eigenvalue weighted by Gasteiger charge is -2.23. The predicted molar refractivity (Wildman–Crippen MR) is 72.6 cm³/mol. The standard InChI is InChI=1S/C15H29N/c1-3-5-12-16(13-6-4-2)14-15-10-8-7-9-11-15/h14H,3-13H2,1-2H3. The van der Waals surface area contributed by atoms with E-state index in [1.165, 1.54) is 70.9 Å². The van der Waals surface area contributed by atoms with Crippen molar-refractivity contribution in [3.63, 3.8) is 0 Å². The summed E-state index contributed by atoms with van der Waals surface area (Å²) in [5, 5.41) is 0. The van der Waals surface area contributed by atoms with Gasteiger partial charge in [0, 0.05) is 13.1 Å². The van der Waals surface area contributed by atoms with E-state index in [-0.39, 0.29) is 0 Å². The number of hydrogen-bond acceptors (Lipinski definition) is 1. The Labute approximate surface area is 102 Å². The third-order valence-electron chi connectivity index (χ3n) is 3.46. The highest BCUT2D eigenvalue weighted by Crippen LogP contribution is 2.23. The fraction of sp³-hybridized carbons (Fsp3) is 0.867. The maximum atomic E-state index is 2.58. The van der Waals surface area contributed by atoms with Crippen molar-refractivity contribution in [3.8, 4) is 0 Å². The van der Waals surface area contributed by atoms with Crippen molar-refractivity contribution < 1.29 is 0 Å². The Balaban J connectivity index is 2.39. The van der Waals surface area contributed by atoms with E-state index in [0.717, 1.165) is 0 Å². The van der Waals surface area contributed by atoms with Gasteiger partial charge >= 0.3 is 0 Å². The first-order chi connectivity index (χ1) is 7.86. The highest BCUT2D eigenvalue weighted by molar-refractivity contribution is 5.03. The molecule has 94 valence electrons. The van der Waals surface area contributed by atoms with Crippen LogP contribution in [-0.4, -0.2) is 18.0 Å². The molecule has 0 unspecified atom stereocenters. The van der Waals surface area contributed by atoms with Gasteiger partial charge in [-0.05, 0) is 44.7 Å². The molecule has 0 aromatic carbocycles. The van der Waals surface area contributed by atoms with Crippen LogP contribution in [-0.2, 0) is 0 Å². The van der Waals surface area contributed by atoms with Crippen LogP contribution in [0, 0.1) is 0 Å². The number of allylic oxidation sites excluding steroid dienone is 1. The molecule has 1 heteroatoms. The first kappa shape index (κ1) is 13.6. The zero-order valence-corrected chi connectivity index (χ0v) is 11.3. The van der Waals surface area contributed by atoms with Gasteiger partial charge in [0.1, 0.15) is 0 Å². The molecule has 0 bridgehead atoms. The molecule has 0 heterocycles. The summed E-state index contributed by atoms with van der Waals surface area (Å²) in [5.74, 6) is 0. The second-order valence-corrected chi connectivity index (χ2v) is 5.09. The molecule has 0 aliphatic heterocycles. The van der Waals surface area contributed by atoms with Crippen molar-refractivity contribution in [2.24, 2.45) is 0 Å². The summed E-state index contributed by atoms with van der Waals surface area (Å²) < 4.78 is 0. The van der Waals surface area contributed by atoms with Crippen LogP contribution < -0.4 is 0 Å². The van der Waals surface area contributed by atoms with Gasteiger partial charge in [0.2, 0.25) is 0 Å². The summed E-state index contributed by atoms with van der Waals surface area (Å²) in [4.78, 5) is 2.58. The molecule has 1 nitrogen and oxygen atoms in total. The second-order valence-electron chi connectivity index (χ2n) is 5.09. The van der Waals surface area contributed by atoms with Gasteiger partial charge < -0.3 is 4.90 Å². The van der Waals surface area contributed by atoms with E-state index in [9.17, 15) is 0 Å². The normalized spacial score (nSPS) is 16.2. The lowest BCUT2D eigenvalue weighted by atomic mass is 9.95. The molecular formula is C15H29N. The smallest absolute Gasteiger partial charge is 0.0172 e. The molecule has 0 atom stereocenters. The highest BCUT2D eigenvalue weighted by atomic mass is 15.1. The fourth-order valence-electron chi connectivity index (χ4n) is 2.36. The molecule has 1 fully saturated rings. The van der Waals surface area contributed by atoms with Gasteiger partial charge in [0.25, 0.3) is 0 Å². The molecular weight excluding hydrogens is 194 g/mol. The largest absolute Gasteiger partial charge is 0.377 e. The van der Waals surface area contributed by atoms with Gasteiger partial charge in [-0.3, -0.25) is 0 Å². The Hall–Kier alpha value is -0.460. The summed E-state index contributed by atoms with van der Waals surface area (Å²) >= 11 is 0. The van der Waals surface area contributed by atoms with Crippen LogP contribution in [0.1, 0.15) is 71.6 Å². The molecule has 0 N–H and O–H groups in total. The van der Waals surface area contributed by atoms with Crippen LogP contribution in [0.5, 0.6) is 0 Å². The summed E-state index contributed by atoms with van der Waals surface area (Å²) in [6.45, 7) is 7.09. The van der Waals surface area contributed by atoms with Crippen molar-refractivity contribution in [1.82, 2.24) is 4.90 Å². The van der Waals surface area contributed by atoms with E-state index in [0.29, 0.717) is 0 Å². The Kier molecular flexibility index (Phi) is 7.37. The first-order valence-electron chi connectivity index (χ1n) is 7.30. The third-order valence-corrected chi connectivity index (χ3v) is 3.46. The first-order valence-corrected chi connectivity index (χ1v) is 7.30. The maximum Gasteiger partial charge on any atom is 0.0172 e. The van der Waals surface area contributed by atoms with Gasteiger partial charge in [0.15, 0.2) is 0 Å². The molecule has 1 aliphatic rings. The van der Waals surface area contributed by atoms with Crippen molar-refractivity contribution >= 4 is 0 Å². The molecule has 0 amide bonds. The van der Waals surface area contributed by atoms with E-state index in [2.05, 4.69) is 24.9 Å². The van der Waals surface area contributed by atoms with E-state index < -0.39 is 0 Å². The Bertz CT molecular complexity index is 180. The highest BCUT2D eigenvalue weighted by Gasteiger charge is 2.07. The Morgan fingerprint density at radius 3 is 2.00 bits per heavy atom. The van der Waals surface area contributed by atoms with Crippen LogP contribution in [0.15, 0.2) is 11.8 Å². The minimum absolute atomic E-state index is 1.26. The molecule has 16 heavy (non-hydrogen) atoms. The topological polar surface area (TPSA) is 3.24 Å². The SMILES string of the molecule is CCCCN(C=C1CCCCC1)CCCC. The van der Waals surface area contributed by atoms with Crippen molar-refractivity contribution in [2.45, 2.75) is 71.6 Å². The van der Waals surface area contributed by atoms with Gasteiger partial charge in [-0.1, -0.05) is 38.7 Å². The second kappa shape index (κ2) is 8.66. The zero-order valence-electron chi connectivity index (χ0n) is 11.3. The molecule has 0 aromatic heterocycles. The lowest BCUT2D eigenvalue weighted by molar-refractivity contribution is 0.353. The summed E-state index contributed by atoms with van der Waals surface area (Å²) in [7, 11) is 0. The van der Waals surface area contributed by atoms with Gasteiger partial charge in [-0.15, -0.1) is 0 Å². The Morgan fingerprint density at radius 1 is 0.938 bits per heavy atom. The zero-order chi connectivity index (χ0) is 11.6. The molecule has 0 saturated heterocycles. The summed E-state index contributed by atoms with van der Waals surface area (Å²) in [5.41, 5.74) is 1.71. The molecule has 1 aliphatic carbocycles. The molecule has 1 saturated carbocycles. The van der Waals surface area contributed by atoms with Gasteiger partial charge in [0.05, 0.1) is 0 Å². The molecule has 1 rings (SSSR count). The van der Waals surface area contributed by atoms with Gasteiger partial charge in [-0.25, -0.2) is 0 Å². The quantitative estimate of drug-likeness (QED) is 0.603. The van der Waals surface area contributed by atoms with Crippen LogP contribution in [0.3, 0.4) is 0 Å². The van der Waals surface area contributed by atoms with Crippen molar-refractivity contribution in [3.05, 3.63) is 11.8 Å². The maximum absolute atomic E-state index is 2.58. The number of unbranched alkanes of at least 4 members (excludes halogenated alkanes) is 2. The fourth-order valence-corrected chi connectivity index (χ4v) is 2.36. The minimum Gasteiger partial charge on any atom is -0.377 e. The number of hydrogen-bond donors (Lipinski definition) is 0. The van der Waals surface area contributed by atoms with E-state index in [1.807, 2.05) is 0 Å². The predicted octanol–water partition coefficient (Wildman–Crippen LogP) is 4.74. The lowest BCUT2D eigenvalue weighted by Crippen LogP contribution is -2.21. The average Bonchev–Trinajstić information content (AvgIpc) is 2.34. The minimum atomic E-state index is 1.26. The molecule has 0 radical (unpaired) electrons. The van der Waals surface area contributed by atoms with Gasteiger partial charge in [-0.2, -0.15) is 0 Å². The van der Waals surface area contributed by atoms with Crippen LogP contribution in [0.2, 0.25) is 0 Å². The van der Waals surface area contributed by atoms with Crippen LogP contribution in [0.25, 0.3) is 0 Å². The number of rotatable bonds is 7. The van der Waals surface area contributed by atoms with Crippen molar-refractivity contribution in [2.75, 3.05) is 13.1 Å². The van der Waals surface area contributed by atoms with Crippen molar-refractivity contribution in [1.29, 1.82) is 0 Å². The summed E-state index contributed by atoms with van der Waals surface area (Å²) in [6, 6.07) is 0. The van der Waals surface area contributed by atoms with Crippen LogP contribution in [0.4, 0.5) is 0 Å². The molecule has 0 spiro atoms. The average molecular weight is 223 g/mol. The van der Waals surface area contributed by atoms with E-state index in [4.69, 9.17) is 0 Å². The Morgan fingerprint density at radius 2 is 1.50 bits per heavy atom. The van der Waals surface area contributed by atoms with E-state index >= 15 is 0 Å². The number of nitrogens with zero attached hydrogens (tertiary/aromatic N) is 1. The monoisotopic (exact) mass is 223 g/mol. The third kappa shape index (κ3) is 5.58. The van der Waals surface area contributed by atoms with E-state index in [1.54, 1.807) is 5.57 Å². The summed E-state index contributed by atoms with van der Waals surface area (Å²) in [6.07, 6.45) is 14.8. The molecule has 0 aromatic rings.